The number of hydrogen-bond acceptors (Lipinski definition) is 9. The number of nitrogens with zero attached hydrogens (tertiary/aromatic N) is 1. The lowest BCUT2D eigenvalue weighted by Crippen LogP contribution is -2.52. The van der Waals surface area contributed by atoms with Gasteiger partial charge in [0, 0.05) is 20.3 Å². The third-order valence-electron chi connectivity index (χ3n) is 12.9. The van der Waals surface area contributed by atoms with E-state index >= 15 is 0 Å². The Morgan fingerprint density at radius 2 is 1.38 bits per heavy atom. The zero-order valence-electron chi connectivity index (χ0n) is 32.2. The summed E-state index contributed by atoms with van der Waals surface area (Å²) in [7, 11) is 0. The van der Waals surface area contributed by atoms with E-state index < -0.39 is 18.0 Å². The van der Waals surface area contributed by atoms with Crippen LogP contribution in [0.4, 0.5) is 4.79 Å². The van der Waals surface area contributed by atoms with Gasteiger partial charge >= 0.3 is 6.16 Å². The molecular weight excluding hydrogens is 638 g/mol. The first-order valence-electron chi connectivity index (χ1n) is 19.6. The summed E-state index contributed by atoms with van der Waals surface area (Å²) in [5.41, 5.74) is 0.956. The van der Waals surface area contributed by atoms with Gasteiger partial charge in [0.2, 0.25) is 0 Å². The van der Waals surface area contributed by atoms with Gasteiger partial charge in [0.1, 0.15) is 13.2 Å². The standard InChI is InChI=1S/C40H67NO9/c1-28(2)9-8-10-29(3)35-13-14-36-34-12-11-32-27-33(15-17-39(32,6)37(34)16-18-40(35,36)7)48-25-23-46-21-19-45-20-22-47-24-26-49-38(44)50-41(30(4)42)31(5)43/h27-29,32,34-37H,8-26H2,1-7H3. The smallest absolute Gasteiger partial charge is 0.496 e. The molecule has 0 aromatic heterocycles. The summed E-state index contributed by atoms with van der Waals surface area (Å²) in [5.74, 6) is 5.65. The van der Waals surface area contributed by atoms with Crippen LogP contribution in [-0.4, -0.2) is 75.9 Å². The lowest BCUT2D eigenvalue weighted by Gasteiger charge is -2.60. The Morgan fingerprint density at radius 1 is 0.760 bits per heavy atom. The number of hydrogen-bond donors (Lipinski definition) is 0. The largest absolute Gasteiger partial charge is 0.534 e. The molecule has 0 spiro atoms. The summed E-state index contributed by atoms with van der Waals surface area (Å²) in [6, 6.07) is 0. The molecule has 3 fully saturated rings. The van der Waals surface area contributed by atoms with E-state index in [4.69, 9.17) is 23.7 Å². The predicted molar refractivity (Wildman–Crippen MR) is 191 cm³/mol. The van der Waals surface area contributed by atoms with E-state index in [1.54, 1.807) is 0 Å². The molecule has 0 bridgehead atoms. The van der Waals surface area contributed by atoms with Crippen molar-refractivity contribution >= 4 is 18.0 Å². The van der Waals surface area contributed by atoms with Crippen LogP contribution in [0.25, 0.3) is 0 Å². The SMILES string of the molecule is CC(=O)N(OC(=O)OCCOCCOCCOCCOC1=CC2CCC3C(CCC4(C)C(C(C)CCCC(C)C)CCC34)C2(C)CC1)C(C)=O. The van der Waals surface area contributed by atoms with Crippen LogP contribution in [0.2, 0.25) is 0 Å². The molecule has 0 aliphatic heterocycles. The number of amides is 2. The van der Waals surface area contributed by atoms with Crippen LogP contribution in [0.15, 0.2) is 11.8 Å². The molecule has 0 aromatic carbocycles. The molecule has 2 amide bonds. The number of allylic oxidation sites excluding steroid dienone is 2. The second kappa shape index (κ2) is 19.1. The molecule has 10 heteroatoms. The van der Waals surface area contributed by atoms with Crippen molar-refractivity contribution in [3.63, 3.8) is 0 Å². The molecular formula is C40H67NO9. The van der Waals surface area contributed by atoms with Crippen LogP contribution in [0.1, 0.15) is 119 Å². The Kier molecular flexibility index (Phi) is 15.5. The Hall–Kier alpha value is -2.17. The molecule has 8 atom stereocenters. The summed E-state index contributed by atoms with van der Waals surface area (Å²) >= 11 is 0. The fourth-order valence-electron chi connectivity index (χ4n) is 10.4. The molecule has 4 aliphatic carbocycles. The summed E-state index contributed by atoms with van der Waals surface area (Å²) in [4.78, 5) is 38.6. The van der Waals surface area contributed by atoms with Crippen molar-refractivity contribution in [2.75, 3.05) is 52.9 Å². The molecule has 0 aromatic rings. The highest BCUT2D eigenvalue weighted by Crippen LogP contribution is 2.68. The fourth-order valence-corrected chi connectivity index (χ4v) is 10.4. The average molecular weight is 706 g/mol. The van der Waals surface area contributed by atoms with Crippen molar-refractivity contribution in [3.8, 4) is 0 Å². The van der Waals surface area contributed by atoms with Gasteiger partial charge in [-0.3, -0.25) is 14.4 Å². The third-order valence-corrected chi connectivity index (χ3v) is 12.9. The van der Waals surface area contributed by atoms with Gasteiger partial charge in [-0.1, -0.05) is 53.9 Å². The number of imide groups is 1. The lowest BCUT2D eigenvalue weighted by atomic mass is 9.45. The fraction of sp³-hybridized carbons (Fsp3) is 0.875. The van der Waals surface area contributed by atoms with Gasteiger partial charge in [0.05, 0.1) is 45.4 Å². The first kappa shape index (κ1) is 40.6. The van der Waals surface area contributed by atoms with Crippen molar-refractivity contribution in [1.29, 1.82) is 0 Å². The highest BCUT2D eigenvalue weighted by atomic mass is 16.8. The normalized spacial score (nSPS) is 30.8. The first-order valence-corrected chi connectivity index (χ1v) is 19.6. The quantitative estimate of drug-likeness (QED) is 0.0793. The van der Waals surface area contributed by atoms with Crippen LogP contribution < -0.4 is 0 Å². The number of fused-ring (bicyclic) bond motifs is 5. The number of carbonyl (C=O) groups excluding carboxylic acids is 3. The molecule has 0 saturated heterocycles. The van der Waals surface area contributed by atoms with Crippen molar-refractivity contribution in [1.82, 2.24) is 5.06 Å². The van der Waals surface area contributed by atoms with E-state index in [1.807, 2.05) is 0 Å². The minimum Gasteiger partial charge on any atom is -0.496 e. The molecule has 4 rings (SSSR count). The van der Waals surface area contributed by atoms with E-state index in [-0.39, 0.29) is 13.2 Å². The van der Waals surface area contributed by atoms with Gasteiger partial charge in [-0.2, -0.15) is 0 Å². The molecule has 3 saturated carbocycles. The maximum atomic E-state index is 11.5. The van der Waals surface area contributed by atoms with Gasteiger partial charge in [-0.05, 0) is 103 Å². The summed E-state index contributed by atoms with van der Waals surface area (Å²) in [5, 5.41) is 0.335. The Morgan fingerprint density at radius 3 is 2.02 bits per heavy atom. The summed E-state index contributed by atoms with van der Waals surface area (Å²) in [6.45, 7) is 17.6. The molecule has 4 aliphatic rings. The van der Waals surface area contributed by atoms with Gasteiger partial charge < -0.3 is 23.7 Å². The van der Waals surface area contributed by atoms with E-state index in [1.165, 1.54) is 64.2 Å². The summed E-state index contributed by atoms with van der Waals surface area (Å²) < 4.78 is 27.6. The highest BCUT2D eigenvalue weighted by molar-refractivity contribution is 5.92. The van der Waals surface area contributed by atoms with E-state index in [9.17, 15) is 14.4 Å². The molecule has 0 heterocycles. The van der Waals surface area contributed by atoms with Crippen molar-refractivity contribution < 1.29 is 42.9 Å². The Balaban J connectivity index is 1.06. The van der Waals surface area contributed by atoms with E-state index in [0.717, 1.165) is 61.5 Å². The topological polar surface area (TPSA) is 110 Å². The highest BCUT2D eigenvalue weighted by Gasteiger charge is 2.60. The molecule has 0 radical (unpaired) electrons. The number of hydroxylamine groups is 2. The van der Waals surface area contributed by atoms with Crippen LogP contribution in [0, 0.1) is 52.3 Å². The van der Waals surface area contributed by atoms with Crippen LogP contribution in [0.5, 0.6) is 0 Å². The second-order valence-corrected chi connectivity index (χ2v) is 16.4. The number of carbonyl (C=O) groups is 3. The lowest BCUT2D eigenvalue weighted by molar-refractivity contribution is -0.181. The number of rotatable bonds is 18. The molecule has 8 unspecified atom stereocenters. The molecule has 50 heavy (non-hydrogen) atoms. The van der Waals surface area contributed by atoms with E-state index in [0.29, 0.717) is 61.5 Å². The monoisotopic (exact) mass is 705 g/mol. The first-order chi connectivity index (χ1) is 23.9. The minimum atomic E-state index is -1.15. The predicted octanol–water partition coefficient (Wildman–Crippen LogP) is 8.13. The summed E-state index contributed by atoms with van der Waals surface area (Å²) in [6.07, 6.45) is 16.3. The minimum absolute atomic E-state index is 0.0816. The third kappa shape index (κ3) is 10.5. The number of ether oxygens (including phenoxy) is 5. The van der Waals surface area contributed by atoms with Gasteiger partial charge in [-0.25, -0.2) is 4.79 Å². The van der Waals surface area contributed by atoms with E-state index in [2.05, 4.69) is 45.5 Å². The van der Waals surface area contributed by atoms with Gasteiger partial charge in [0.25, 0.3) is 11.8 Å². The van der Waals surface area contributed by atoms with Gasteiger partial charge in [-0.15, -0.1) is 5.06 Å². The maximum Gasteiger partial charge on any atom is 0.534 e. The molecule has 10 nitrogen and oxygen atoms in total. The Bertz CT molecular complexity index is 1130. The van der Waals surface area contributed by atoms with Gasteiger partial charge in [0.15, 0.2) is 0 Å². The van der Waals surface area contributed by atoms with Crippen molar-refractivity contribution in [3.05, 3.63) is 11.8 Å². The van der Waals surface area contributed by atoms with Crippen LogP contribution in [0.3, 0.4) is 0 Å². The Labute approximate surface area is 301 Å². The molecule has 286 valence electrons. The van der Waals surface area contributed by atoms with Crippen molar-refractivity contribution in [2.24, 2.45) is 52.3 Å². The maximum absolute atomic E-state index is 11.5. The zero-order valence-corrected chi connectivity index (χ0v) is 32.2. The van der Waals surface area contributed by atoms with Crippen LogP contribution in [-0.2, 0) is 38.1 Å². The second-order valence-electron chi connectivity index (χ2n) is 16.4. The van der Waals surface area contributed by atoms with Crippen LogP contribution >= 0.6 is 0 Å². The average Bonchev–Trinajstić information content (AvgIpc) is 3.42. The molecule has 0 N–H and O–H groups in total. The zero-order chi connectivity index (χ0) is 36.3. The van der Waals surface area contributed by atoms with Crippen molar-refractivity contribution in [2.45, 2.75) is 119 Å².